The van der Waals surface area contributed by atoms with Crippen molar-refractivity contribution < 1.29 is 27.5 Å². The van der Waals surface area contributed by atoms with Crippen LogP contribution in [0.4, 0.5) is 14.7 Å². The van der Waals surface area contributed by atoms with Crippen LogP contribution >= 0.6 is 0 Å². The lowest BCUT2D eigenvalue weighted by Gasteiger charge is -2.33. The van der Waals surface area contributed by atoms with Gasteiger partial charge in [0.25, 0.3) is 5.91 Å². The van der Waals surface area contributed by atoms with Crippen LogP contribution < -0.4 is 10.3 Å². The molecule has 1 unspecified atom stereocenters. The fourth-order valence-corrected chi connectivity index (χ4v) is 5.96. The van der Waals surface area contributed by atoms with E-state index in [1.54, 1.807) is 11.0 Å². The number of anilines is 1. The SMILES string of the molecule is O=C(c1cc([C@H]2CCCN2C2C=C(F)C=C(F)C2)c2oc(N3CCOCC3)cc(=O)c2c1)N1CCOCC1. The molecule has 1 amide bonds. The lowest BCUT2D eigenvalue weighted by atomic mass is 9.95. The van der Waals surface area contributed by atoms with Gasteiger partial charge in [-0.3, -0.25) is 14.5 Å². The van der Waals surface area contributed by atoms with E-state index in [1.807, 2.05) is 11.0 Å². The Kier molecular flexibility index (Phi) is 7.03. The Hall–Kier alpha value is -3.08. The van der Waals surface area contributed by atoms with Crippen LogP contribution in [0.3, 0.4) is 0 Å². The molecule has 0 spiro atoms. The van der Waals surface area contributed by atoms with Crippen molar-refractivity contribution in [3.63, 3.8) is 0 Å². The summed E-state index contributed by atoms with van der Waals surface area (Å²) >= 11 is 0. The van der Waals surface area contributed by atoms with E-state index in [-0.39, 0.29) is 23.8 Å². The highest BCUT2D eigenvalue weighted by atomic mass is 19.1. The monoisotopic (exact) mass is 527 g/mol. The van der Waals surface area contributed by atoms with Gasteiger partial charge in [0.2, 0.25) is 0 Å². The number of fused-ring (bicyclic) bond motifs is 1. The molecule has 0 radical (unpaired) electrons. The molecule has 0 saturated carbocycles. The maximum Gasteiger partial charge on any atom is 0.254 e. The number of amides is 1. The smallest absolute Gasteiger partial charge is 0.254 e. The number of morpholine rings is 2. The van der Waals surface area contributed by atoms with Gasteiger partial charge in [0.1, 0.15) is 17.2 Å². The molecule has 8 nitrogen and oxygen atoms in total. The van der Waals surface area contributed by atoms with Crippen molar-refractivity contribution in [2.24, 2.45) is 0 Å². The summed E-state index contributed by atoms with van der Waals surface area (Å²) in [5.74, 6) is -0.800. The summed E-state index contributed by atoms with van der Waals surface area (Å²) in [6.45, 7) is 4.80. The van der Waals surface area contributed by atoms with Gasteiger partial charge in [0.15, 0.2) is 11.3 Å². The lowest BCUT2D eigenvalue weighted by Crippen LogP contribution is -2.41. The summed E-state index contributed by atoms with van der Waals surface area (Å²) in [5.41, 5.74) is 1.30. The van der Waals surface area contributed by atoms with Crippen LogP contribution in [-0.4, -0.2) is 80.9 Å². The molecule has 0 N–H and O–H groups in total. The number of halogens is 2. The number of allylic oxidation sites excluding steroid dienone is 2. The lowest BCUT2D eigenvalue weighted by molar-refractivity contribution is 0.0303. The molecule has 3 fully saturated rings. The summed E-state index contributed by atoms with van der Waals surface area (Å²) in [6.07, 6.45) is 3.98. The number of hydrogen-bond acceptors (Lipinski definition) is 7. The highest BCUT2D eigenvalue weighted by molar-refractivity contribution is 5.99. The van der Waals surface area contributed by atoms with Crippen molar-refractivity contribution in [2.75, 3.05) is 64.1 Å². The minimum absolute atomic E-state index is 0.0806. The first kappa shape index (κ1) is 25.2. The first-order valence-corrected chi connectivity index (χ1v) is 13.3. The summed E-state index contributed by atoms with van der Waals surface area (Å²) in [5, 5.41) is 0.333. The molecule has 1 aromatic carbocycles. The average Bonchev–Trinajstić information content (AvgIpc) is 3.43. The molecule has 6 rings (SSSR count). The largest absolute Gasteiger partial charge is 0.440 e. The Labute approximate surface area is 219 Å². The third-order valence-corrected chi connectivity index (χ3v) is 7.84. The first-order chi connectivity index (χ1) is 18.5. The van der Waals surface area contributed by atoms with Crippen LogP contribution in [0.2, 0.25) is 0 Å². The number of carbonyl (C=O) groups is 1. The van der Waals surface area contributed by atoms with Crippen molar-refractivity contribution >= 4 is 22.8 Å². The molecule has 2 atom stereocenters. The number of rotatable bonds is 4. The topological polar surface area (TPSA) is 75.5 Å². The third kappa shape index (κ3) is 4.88. The highest BCUT2D eigenvalue weighted by Crippen LogP contribution is 2.41. The van der Waals surface area contributed by atoms with Gasteiger partial charge in [-0.2, -0.15) is 0 Å². The number of nitrogens with zero attached hydrogens (tertiary/aromatic N) is 3. The molecular formula is C28H31F2N3O5. The highest BCUT2D eigenvalue weighted by Gasteiger charge is 2.35. The molecular weight excluding hydrogens is 496 g/mol. The Bertz CT molecular complexity index is 1340. The van der Waals surface area contributed by atoms with Crippen molar-refractivity contribution in [3.8, 4) is 0 Å². The molecule has 4 aliphatic rings. The molecule has 202 valence electrons. The summed E-state index contributed by atoms with van der Waals surface area (Å²) in [6, 6.07) is 4.18. The zero-order valence-corrected chi connectivity index (χ0v) is 21.2. The van der Waals surface area contributed by atoms with Gasteiger partial charge in [-0.1, -0.05) is 0 Å². The predicted molar refractivity (Wildman–Crippen MR) is 138 cm³/mol. The van der Waals surface area contributed by atoms with E-state index < -0.39 is 17.7 Å². The zero-order chi connectivity index (χ0) is 26.2. The summed E-state index contributed by atoms with van der Waals surface area (Å²) in [7, 11) is 0. The summed E-state index contributed by atoms with van der Waals surface area (Å²) < 4.78 is 45.7. The minimum Gasteiger partial charge on any atom is -0.440 e. The van der Waals surface area contributed by atoms with Gasteiger partial charge in [-0.15, -0.1) is 0 Å². The Morgan fingerprint density at radius 2 is 1.68 bits per heavy atom. The number of benzene rings is 1. The molecule has 0 bridgehead atoms. The Morgan fingerprint density at radius 3 is 2.42 bits per heavy atom. The average molecular weight is 528 g/mol. The van der Waals surface area contributed by atoms with Gasteiger partial charge in [-0.05, 0) is 37.6 Å². The predicted octanol–water partition coefficient (Wildman–Crippen LogP) is 3.72. The van der Waals surface area contributed by atoms with E-state index in [0.717, 1.165) is 12.5 Å². The quantitative estimate of drug-likeness (QED) is 0.600. The number of likely N-dealkylation sites (tertiary alicyclic amines) is 1. The molecule has 10 heteroatoms. The van der Waals surface area contributed by atoms with Crippen LogP contribution in [0, 0.1) is 0 Å². The molecule has 2 aromatic rings. The van der Waals surface area contributed by atoms with E-state index in [4.69, 9.17) is 13.9 Å². The van der Waals surface area contributed by atoms with Gasteiger partial charge in [-0.25, -0.2) is 8.78 Å². The van der Waals surface area contributed by atoms with Crippen LogP contribution in [0.1, 0.15) is 41.2 Å². The number of carbonyl (C=O) groups excluding carboxylic acids is 1. The van der Waals surface area contributed by atoms with Crippen molar-refractivity contribution in [3.05, 3.63) is 63.4 Å². The number of hydrogen-bond donors (Lipinski definition) is 0. The maximum atomic E-state index is 14.2. The summed E-state index contributed by atoms with van der Waals surface area (Å²) in [4.78, 5) is 32.7. The van der Waals surface area contributed by atoms with E-state index >= 15 is 0 Å². The zero-order valence-electron chi connectivity index (χ0n) is 21.2. The molecule has 38 heavy (non-hydrogen) atoms. The van der Waals surface area contributed by atoms with Crippen LogP contribution in [0.15, 0.2) is 51.2 Å². The van der Waals surface area contributed by atoms with Gasteiger partial charge in [0, 0.05) is 68.0 Å². The van der Waals surface area contributed by atoms with E-state index in [0.29, 0.717) is 93.6 Å². The second kappa shape index (κ2) is 10.6. The maximum absolute atomic E-state index is 14.2. The first-order valence-electron chi connectivity index (χ1n) is 13.3. The second-order valence-corrected chi connectivity index (χ2v) is 10.2. The normalized spacial score (nSPS) is 25.0. The fraction of sp³-hybridized carbons (Fsp3) is 0.500. The van der Waals surface area contributed by atoms with Crippen molar-refractivity contribution in [1.82, 2.24) is 9.80 Å². The number of ether oxygens (including phenoxy) is 2. The third-order valence-electron chi connectivity index (χ3n) is 7.84. The molecule has 1 aromatic heterocycles. The molecule has 3 aliphatic heterocycles. The van der Waals surface area contributed by atoms with Crippen LogP contribution in [-0.2, 0) is 9.47 Å². The standard InChI is InChI=1S/C28H31F2N3O5/c29-19-14-20(30)16-21(15-19)33-3-1-2-24(33)22-12-18(28(35)32-6-10-37-11-7-32)13-23-25(34)17-26(38-27(22)23)31-4-8-36-9-5-31/h12-15,17,21,24H,1-11,16H2/t21?,24-/m1/s1. The Balaban J connectivity index is 1.46. The molecule has 1 aliphatic carbocycles. The minimum atomic E-state index is -0.591. The van der Waals surface area contributed by atoms with Crippen molar-refractivity contribution in [2.45, 2.75) is 31.3 Å². The Morgan fingerprint density at radius 1 is 0.947 bits per heavy atom. The van der Waals surface area contributed by atoms with Gasteiger partial charge < -0.3 is 23.7 Å². The van der Waals surface area contributed by atoms with E-state index in [1.165, 1.54) is 12.1 Å². The van der Waals surface area contributed by atoms with Crippen LogP contribution in [0.5, 0.6) is 0 Å². The van der Waals surface area contributed by atoms with E-state index in [9.17, 15) is 18.4 Å². The van der Waals surface area contributed by atoms with E-state index in [2.05, 4.69) is 4.90 Å². The van der Waals surface area contributed by atoms with Gasteiger partial charge >= 0.3 is 0 Å². The second-order valence-electron chi connectivity index (χ2n) is 10.2. The van der Waals surface area contributed by atoms with Crippen LogP contribution in [0.25, 0.3) is 11.0 Å². The molecule has 3 saturated heterocycles. The molecule has 4 heterocycles. The fourth-order valence-electron chi connectivity index (χ4n) is 5.96. The van der Waals surface area contributed by atoms with Crippen molar-refractivity contribution in [1.29, 1.82) is 0 Å². The van der Waals surface area contributed by atoms with Gasteiger partial charge in [0.05, 0.1) is 31.8 Å².